The molecule has 4 aromatic rings. The minimum Gasteiger partial charge on any atom is -0.345 e. The molecule has 128 valence electrons. The van der Waals surface area contributed by atoms with Gasteiger partial charge in [0, 0.05) is 6.42 Å². The summed E-state index contributed by atoms with van der Waals surface area (Å²) in [6, 6.07) is 8.19. The second-order valence-corrected chi connectivity index (χ2v) is 7.43. The Balaban J connectivity index is 1.60. The van der Waals surface area contributed by atoms with Crippen LogP contribution in [0.5, 0.6) is 0 Å². The van der Waals surface area contributed by atoms with Gasteiger partial charge in [-0.05, 0) is 47.7 Å². The van der Waals surface area contributed by atoms with Crippen LogP contribution in [0.1, 0.15) is 36.7 Å². The molecule has 25 heavy (non-hydrogen) atoms. The molecule has 0 aliphatic heterocycles. The highest BCUT2D eigenvalue weighted by molar-refractivity contribution is 6.35. The van der Waals surface area contributed by atoms with Crippen molar-refractivity contribution < 1.29 is 0 Å². The van der Waals surface area contributed by atoms with E-state index in [0.717, 1.165) is 46.3 Å². The maximum atomic E-state index is 6.40. The van der Waals surface area contributed by atoms with E-state index in [2.05, 4.69) is 45.9 Å². The van der Waals surface area contributed by atoms with Crippen molar-refractivity contribution in [3.63, 3.8) is 0 Å². The molecule has 4 nitrogen and oxygen atoms in total. The zero-order chi connectivity index (χ0) is 17.6. The number of rotatable bonds is 4. The number of hydrogen-bond acceptors (Lipinski definition) is 2. The maximum Gasteiger partial charge on any atom is 0.107 e. The molecule has 0 unspecified atom stereocenters. The van der Waals surface area contributed by atoms with Crippen LogP contribution >= 0.6 is 23.2 Å². The summed E-state index contributed by atoms with van der Waals surface area (Å²) in [5, 5.41) is 1.37. The molecule has 0 saturated heterocycles. The zero-order valence-electron chi connectivity index (χ0n) is 14.0. The molecule has 2 heterocycles. The lowest BCUT2D eigenvalue weighted by molar-refractivity contribution is 0.868. The molecule has 0 atom stereocenters. The van der Waals surface area contributed by atoms with Crippen molar-refractivity contribution in [2.24, 2.45) is 0 Å². The number of imidazole rings is 2. The minimum atomic E-state index is 0.428. The van der Waals surface area contributed by atoms with Crippen LogP contribution in [0.3, 0.4) is 0 Å². The van der Waals surface area contributed by atoms with E-state index >= 15 is 0 Å². The molecule has 0 aliphatic rings. The van der Waals surface area contributed by atoms with Crippen molar-refractivity contribution in [2.45, 2.75) is 32.6 Å². The lowest BCUT2D eigenvalue weighted by Gasteiger charge is -2.05. The van der Waals surface area contributed by atoms with Crippen LogP contribution < -0.4 is 0 Å². The van der Waals surface area contributed by atoms with Crippen LogP contribution in [-0.4, -0.2) is 19.9 Å². The second-order valence-electron chi connectivity index (χ2n) is 6.61. The highest BCUT2D eigenvalue weighted by Gasteiger charge is 2.11. The fourth-order valence-corrected chi connectivity index (χ4v) is 3.63. The van der Waals surface area contributed by atoms with Crippen molar-refractivity contribution in [1.82, 2.24) is 19.9 Å². The van der Waals surface area contributed by atoms with E-state index in [0.29, 0.717) is 16.0 Å². The Hall–Kier alpha value is -2.04. The van der Waals surface area contributed by atoms with Crippen molar-refractivity contribution in [1.29, 1.82) is 0 Å². The monoisotopic (exact) mass is 372 g/mol. The van der Waals surface area contributed by atoms with E-state index in [9.17, 15) is 0 Å². The summed E-state index contributed by atoms with van der Waals surface area (Å²) >= 11 is 12.7. The first-order valence-corrected chi connectivity index (χ1v) is 9.06. The van der Waals surface area contributed by atoms with Crippen LogP contribution in [0.2, 0.25) is 10.0 Å². The fraction of sp³-hybridized carbons (Fsp3) is 0.263. The van der Waals surface area contributed by atoms with Crippen molar-refractivity contribution in [3.8, 4) is 0 Å². The van der Waals surface area contributed by atoms with Gasteiger partial charge in [0.15, 0.2) is 0 Å². The van der Waals surface area contributed by atoms with Crippen LogP contribution in [0.4, 0.5) is 0 Å². The molecule has 6 heteroatoms. The van der Waals surface area contributed by atoms with Gasteiger partial charge in [-0.3, -0.25) is 0 Å². The number of nitrogens with zero attached hydrogens (tertiary/aromatic N) is 2. The number of hydrogen-bond donors (Lipinski definition) is 2. The normalized spacial score (nSPS) is 11.9. The highest BCUT2D eigenvalue weighted by Crippen LogP contribution is 2.28. The Morgan fingerprint density at radius 3 is 2.56 bits per heavy atom. The van der Waals surface area contributed by atoms with Crippen LogP contribution in [-0.2, 0) is 12.8 Å². The largest absolute Gasteiger partial charge is 0.345 e. The molecule has 2 N–H and O–H groups in total. The standard InChI is InChI=1S/C19H18Cl2N4/c1-10(2)12-7-14(21)19-16(8-12)24-17(25-19)4-3-11-5-13(20)18-15(6-11)22-9-23-18/h5-10H,3-4H2,1-2H3,(H,22,23)(H,24,25). The summed E-state index contributed by atoms with van der Waals surface area (Å²) in [4.78, 5) is 15.4. The van der Waals surface area contributed by atoms with Gasteiger partial charge < -0.3 is 9.97 Å². The first kappa shape index (κ1) is 16.4. The summed E-state index contributed by atoms with van der Waals surface area (Å²) in [6.07, 6.45) is 3.29. The number of aromatic amines is 2. The Morgan fingerprint density at radius 1 is 0.960 bits per heavy atom. The molecule has 0 saturated carbocycles. The van der Waals surface area contributed by atoms with Gasteiger partial charge in [-0.25, -0.2) is 9.97 Å². The third-order valence-electron chi connectivity index (χ3n) is 4.47. The lowest BCUT2D eigenvalue weighted by atomic mass is 10.0. The SMILES string of the molecule is CC(C)c1cc(Cl)c2nc(CCc3cc(Cl)c4nc[nH]c4c3)[nH]c2c1. The predicted octanol–water partition coefficient (Wildman–Crippen LogP) is 5.65. The molecular weight excluding hydrogens is 355 g/mol. The molecule has 2 aromatic heterocycles. The molecule has 0 aliphatic carbocycles. The van der Waals surface area contributed by atoms with Crippen LogP contribution in [0.25, 0.3) is 22.1 Å². The van der Waals surface area contributed by atoms with Gasteiger partial charge in [-0.15, -0.1) is 0 Å². The molecule has 0 spiro atoms. The van der Waals surface area contributed by atoms with Crippen molar-refractivity contribution >= 4 is 45.3 Å². The summed E-state index contributed by atoms with van der Waals surface area (Å²) in [7, 11) is 0. The van der Waals surface area contributed by atoms with E-state index in [4.69, 9.17) is 23.2 Å². The average Bonchev–Trinajstić information content (AvgIpc) is 3.19. The molecule has 0 fully saturated rings. The van der Waals surface area contributed by atoms with Crippen molar-refractivity contribution in [2.75, 3.05) is 0 Å². The van der Waals surface area contributed by atoms with Gasteiger partial charge >= 0.3 is 0 Å². The highest BCUT2D eigenvalue weighted by atomic mass is 35.5. The lowest BCUT2D eigenvalue weighted by Crippen LogP contribution is -1.94. The number of benzene rings is 2. The van der Waals surface area contributed by atoms with E-state index < -0.39 is 0 Å². The first-order valence-electron chi connectivity index (χ1n) is 8.31. The topological polar surface area (TPSA) is 57.4 Å². The van der Waals surface area contributed by atoms with E-state index in [1.54, 1.807) is 6.33 Å². The van der Waals surface area contributed by atoms with E-state index in [1.807, 2.05) is 12.1 Å². The van der Waals surface area contributed by atoms with Gasteiger partial charge in [-0.1, -0.05) is 37.0 Å². The van der Waals surface area contributed by atoms with Crippen LogP contribution in [0.15, 0.2) is 30.6 Å². The molecule has 2 aromatic carbocycles. The summed E-state index contributed by atoms with van der Waals surface area (Å²) in [5.41, 5.74) is 5.95. The van der Waals surface area contributed by atoms with Gasteiger partial charge in [-0.2, -0.15) is 0 Å². The van der Waals surface area contributed by atoms with E-state index in [-0.39, 0.29) is 0 Å². The number of aryl methyl sites for hydroxylation is 2. The predicted molar refractivity (Wildman–Crippen MR) is 104 cm³/mol. The zero-order valence-corrected chi connectivity index (χ0v) is 15.5. The van der Waals surface area contributed by atoms with E-state index in [1.165, 1.54) is 5.56 Å². The molecule has 0 amide bonds. The van der Waals surface area contributed by atoms with Gasteiger partial charge in [0.1, 0.15) is 16.9 Å². The summed E-state index contributed by atoms with van der Waals surface area (Å²) in [6.45, 7) is 4.31. The second kappa shape index (κ2) is 6.36. The third kappa shape index (κ3) is 3.12. The molecule has 4 rings (SSSR count). The third-order valence-corrected chi connectivity index (χ3v) is 5.04. The van der Waals surface area contributed by atoms with Crippen molar-refractivity contribution in [3.05, 3.63) is 57.6 Å². The van der Waals surface area contributed by atoms with Gasteiger partial charge in [0.2, 0.25) is 0 Å². The first-order chi connectivity index (χ1) is 12.0. The maximum absolute atomic E-state index is 6.40. The number of nitrogens with one attached hydrogen (secondary N) is 2. The number of fused-ring (bicyclic) bond motifs is 2. The number of aromatic nitrogens is 4. The number of halogens is 2. The van der Waals surface area contributed by atoms with Gasteiger partial charge in [0.25, 0.3) is 0 Å². The number of H-pyrrole nitrogens is 2. The molecular formula is C19H18Cl2N4. The fourth-order valence-electron chi connectivity index (χ4n) is 3.07. The molecule has 0 radical (unpaired) electrons. The average molecular weight is 373 g/mol. The minimum absolute atomic E-state index is 0.428. The van der Waals surface area contributed by atoms with Gasteiger partial charge in [0.05, 0.1) is 27.4 Å². The smallest absolute Gasteiger partial charge is 0.107 e. The van der Waals surface area contributed by atoms with Crippen LogP contribution in [0, 0.1) is 0 Å². The summed E-state index contributed by atoms with van der Waals surface area (Å²) in [5.74, 6) is 1.36. The quantitative estimate of drug-likeness (QED) is 0.485. The molecule has 0 bridgehead atoms. The Bertz CT molecular complexity index is 1060. The summed E-state index contributed by atoms with van der Waals surface area (Å²) < 4.78 is 0. The Kier molecular flexibility index (Phi) is 4.18. The Labute approximate surface area is 155 Å². The Morgan fingerprint density at radius 2 is 1.76 bits per heavy atom.